The lowest BCUT2D eigenvalue weighted by atomic mass is 9.29. The van der Waals surface area contributed by atoms with E-state index in [0.717, 1.165) is 38.3 Å². The van der Waals surface area contributed by atoms with Gasteiger partial charge in [-0.15, -0.1) is 0 Å². The topological polar surface area (TPSA) is 95.8 Å². The summed E-state index contributed by atoms with van der Waals surface area (Å²) < 4.78 is 23.8. The standard InChI is InChI=1S/C43H68N4O4S/c1-31(2)34-14-19-43(30-44-23-9-24-45-26-28-52(50,51)29-27-45)21-20-42(8)40(6)17-15-35-38(3,4)46(32-10-12-33(13-11-32)47(48)49)25-22-39(35,5)36(40)16-18-41(42,7)37(34)43/h10-13,34-37,44H,1,9,14-30H2,2-8H3/t34-,35-,36+,37+,39-,40+,41+,42-,43+/m0/s1. The fraction of sp³-hybridized carbons (Fsp3) is 0.814. The summed E-state index contributed by atoms with van der Waals surface area (Å²) >= 11 is 0. The van der Waals surface area contributed by atoms with Crippen LogP contribution in [0.5, 0.6) is 0 Å². The highest BCUT2D eigenvalue weighted by Crippen LogP contribution is 2.80. The van der Waals surface area contributed by atoms with Crippen molar-refractivity contribution in [2.45, 2.75) is 118 Å². The van der Waals surface area contributed by atoms with Gasteiger partial charge in [0.2, 0.25) is 0 Å². The van der Waals surface area contributed by atoms with E-state index in [4.69, 9.17) is 0 Å². The van der Waals surface area contributed by atoms with Crippen LogP contribution in [0, 0.1) is 60.9 Å². The van der Waals surface area contributed by atoms with Crippen LogP contribution in [0.1, 0.15) is 113 Å². The van der Waals surface area contributed by atoms with Crippen molar-refractivity contribution in [3.05, 3.63) is 46.5 Å². The summed E-state index contributed by atoms with van der Waals surface area (Å²) in [6.45, 7) is 28.1. The number of nitrogens with one attached hydrogen (secondary N) is 1. The highest BCUT2D eigenvalue weighted by Gasteiger charge is 2.74. The van der Waals surface area contributed by atoms with E-state index in [-0.39, 0.29) is 37.8 Å². The molecule has 1 aromatic rings. The first-order chi connectivity index (χ1) is 24.3. The van der Waals surface area contributed by atoms with E-state index in [9.17, 15) is 18.5 Å². The molecule has 52 heavy (non-hydrogen) atoms. The molecule has 2 heterocycles. The van der Waals surface area contributed by atoms with Crippen LogP contribution in [0.15, 0.2) is 36.4 Å². The van der Waals surface area contributed by atoms with E-state index < -0.39 is 9.84 Å². The van der Waals surface area contributed by atoms with Crippen LogP contribution in [-0.2, 0) is 9.84 Å². The van der Waals surface area contributed by atoms with Crippen LogP contribution in [0.2, 0.25) is 0 Å². The molecule has 4 aliphatic carbocycles. The molecule has 2 saturated heterocycles. The zero-order valence-corrected chi connectivity index (χ0v) is 34.3. The number of hydrogen-bond acceptors (Lipinski definition) is 7. The number of rotatable bonds is 9. The van der Waals surface area contributed by atoms with Gasteiger partial charge in [0.05, 0.1) is 16.4 Å². The predicted octanol–water partition coefficient (Wildman–Crippen LogP) is 8.52. The minimum absolute atomic E-state index is 0.0400. The maximum Gasteiger partial charge on any atom is 0.269 e. The number of anilines is 1. The number of hydrogen-bond donors (Lipinski definition) is 1. The molecule has 0 bridgehead atoms. The molecule has 290 valence electrons. The van der Waals surface area contributed by atoms with Gasteiger partial charge in [-0.25, -0.2) is 8.42 Å². The van der Waals surface area contributed by atoms with Gasteiger partial charge in [0.15, 0.2) is 9.84 Å². The maximum atomic E-state index is 11.9. The number of nitrogens with zero attached hydrogens (tertiary/aromatic N) is 3. The first kappa shape index (κ1) is 38.3. The molecule has 7 rings (SSSR count). The molecule has 0 aromatic heterocycles. The SMILES string of the molecule is C=C(C)[C@@H]1CC[C@]2(CNCCCN3CCS(=O)(=O)CC3)CC[C@@]3(C)[C@]4(C)CC[C@H]5C(C)(C)N(c6ccc([N+](=O)[O-])cc6)CC[C@]5(C)[C@H]4CC[C@]3(C)[C@@H]12. The van der Waals surface area contributed by atoms with Gasteiger partial charge in [0.25, 0.3) is 5.69 Å². The van der Waals surface area contributed by atoms with Crippen molar-refractivity contribution in [3.63, 3.8) is 0 Å². The van der Waals surface area contributed by atoms with Gasteiger partial charge < -0.3 is 15.1 Å². The Morgan fingerprint density at radius 3 is 2.19 bits per heavy atom. The minimum Gasteiger partial charge on any atom is -0.366 e. The zero-order valence-electron chi connectivity index (χ0n) is 33.4. The maximum absolute atomic E-state index is 11.9. The summed E-state index contributed by atoms with van der Waals surface area (Å²) in [6.07, 6.45) is 12.5. The minimum atomic E-state index is -2.84. The van der Waals surface area contributed by atoms with Crippen LogP contribution >= 0.6 is 0 Å². The number of fused-ring (bicyclic) bond motifs is 7. The first-order valence-corrected chi connectivity index (χ1v) is 22.5. The van der Waals surface area contributed by atoms with Gasteiger partial charge in [-0.1, -0.05) is 39.8 Å². The average Bonchev–Trinajstić information content (AvgIpc) is 3.48. The fourth-order valence-electron chi connectivity index (χ4n) is 14.9. The van der Waals surface area contributed by atoms with Crippen LogP contribution in [0.4, 0.5) is 11.4 Å². The van der Waals surface area contributed by atoms with E-state index in [1.807, 2.05) is 12.1 Å². The Bertz CT molecular complexity index is 1650. The molecule has 0 radical (unpaired) electrons. The number of sulfone groups is 1. The lowest BCUT2D eigenvalue weighted by molar-refractivity contribution is -0.384. The largest absolute Gasteiger partial charge is 0.366 e. The Labute approximate surface area is 315 Å². The van der Waals surface area contributed by atoms with Gasteiger partial charge in [-0.3, -0.25) is 10.1 Å². The van der Waals surface area contributed by atoms with E-state index in [2.05, 4.69) is 70.2 Å². The molecule has 9 heteroatoms. The Morgan fingerprint density at radius 2 is 1.54 bits per heavy atom. The van der Waals surface area contributed by atoms with Crippen molar-refractivity contribution in [1.29, 1.82) is 0 Å². The summed E-state index contributed by atoms with van der Waals surface area (Å²) in [6, 6.07) is 7.28. The molecule has 2 aliphatic heterocycles. The molecule has 0 unspecified atom stereocenters. The highest BCUT2D eigenvalue weighted by atomic mass is 32.2. The highest BCUT2D eigenvalue weighted by molar-refractivity contribution is 7.91. The summed E-state index contributed by atoms with van der Waals surface area (Å²) in [7, 11) is -2.84. The number of piperidine rings is 1. The molecule has 0 amide bonds. The number of allylic oxidation sites excluding steroid dienone is 1. The second-order valence-electron chi connectivity index (χ2n) is 20.0. The lowest BCUT2D eigenvalue weighted by Crippen LogP contribution is -2.72. The Hall–Kier alpha value is -1.97. The van der Waals surface area contributed by atoms with E-state index >= 15 is 0 Å². The molecule has 1 aromatic carbocycles. The zero-order chi connectivity index (χ0) is 37.5. The third-order valence-corrected chi connectivity index (χ3v) is 19.4. The van der Waals surface area contributed by atoms with Crippen molar-refractivity contribution in [3.8, 4) is 0 Å². The van der Waals surface area contributed by atoms with Crippen LogP contribution in [-0.4, -0.2) is 74.6 Å². The Kier molecular flexibility index (Phi) is 9.63. The van der Waals surface area contributed by atoms with Crippen molar-refractivity contribution < 1.29 is 13.3 Å². The molecule has 6 aliphatic rings. The van der Waals surface area contributed by atoms with E-state index in [1.165, 1.54) is 63.4 Å². The van der Waals surface area contributed by atoms with Crippen molar-refractivity contribution >= 4 is 21.2 Å². The molecule has 9 atom stereocenters. The van der Waals surface area contributed by atoms with Crippen molar-refractivity contribution in [2.24, 2.45) is 50.7 Å². The monoisotopic (exact) mass is 736 g/mol. The number of non-ortho nitro benzene ring substituents is 1. The third kappa shape index (κ3) is 5.74. The van der Waals surface area contributed by atoms with E-state index in [0.29, 0.717) is 53.7 Å². The second-order valence-corrected chi connectivity index (χ2v) is 22.3. The van der Waals surface area contributed by atoms with Gasteiger partial charge in [0.1, 0.15) is 0 Å². The second kappa shape index (κ2) is 13.1. The van der Waals surface area contributed by atoms with Crippen LogP contribution in [0.25, 0.3) is 0 Å². The summed E-state index contributed by atoms with van der Waals surface area (Å²) in [5.41, 5.74) is 3.93. The summed E-state index contributed by atoms with van der Waals surface area (Å²) in [4.78, 5) is 16.0. The molecular weight excluding hydrogens is 669 g/mol. The molecule has 1 N–H and O–H groups in total. The fourth-order valence-corrected chi connectivity index (χ4v) is 16.1. The van der Waals surface area contributed by atoms with Crippen LogP contribution in [0.3, 0.4) is 0 Å². The smallest absolute Gasteiger partial charge is 0.269 e. The van der Waals surface area contributed by atoms with Crippen molar-refractivity contribution in [1.82, 2.24) is 10.2 Å². The van der Waals surface area contributed by atoms with Gasteiger partial charge >= 0.3 is 0 Å². The Balaban J connectivity index is 1.10. The summed E-state index contributed by atoms with van der Waals surface area (Å²) in [5, 5.41) is 15.4. The van der Waals surface area contributed by atoms with Gasteiger partial charge in [-0.2, -0.15) is 0 Å². The third-order valence-electron chi connectivity index (χ3n) is 17.8. The normalized spacial score (nSPS) is 42.4. The average molecular weight is 737 g/mol. The molecule has 0 spiro atoms. The van der Waals surface area contributed by atoms with Crippen molar-refractivity contribution in [2.75, 3.05) is 55.7 Å². The molecule has 4 saturated carbocycles. The number of benzene rings is 1. The number of nitro groups is 1. The first-order valence-electron chi connectivity index (χ1n) is 20.6. The molecule has 6 fully saturated rings. The molecule has 8 nitrogen and oxygen atoms in total. The van der Waals surface area contributed by atoms with Crippen LogP contribution < -0.4 is 10.2 Å². The quantitative estimate of drug-likeness (QED) is 0.118. The van der Waals surface area contributed by atoms with Gasteiger partial charge in [-0.05, 0) is 161 Å². The molecular formula is C43H68N4O4S. The van der Waals surface area contributed by atoms with E-state index in [1.54, 1.807) is 12.1 Å². The predicted molar refractivity (Wildman–Crippen MR) is 212 cm³/mol. The lowest BCUT2D eigenvalue weighted by Gasteiger charge is -2.76. The summed E-state index contributed by atoms with van der Waals surface area (Å²) in [5.74, 6) is 3.07. The Morgan fingerprint density at radius 1 is 0.885 bits per heavy atom. The van der Waals surface area contributed by atoms with Gasteiger partial charge in [0, 0.05) is 49.5 Å². The number of nitro benzene ring substituents is 1.